The van der Waals surface area contributed by atoms with Crippen LogP contribution in [0.25, 0.3) is 0 Å². The second kappa shape index (κ2) is 5.83. The van der Waals surface area contributed by atoms with E-state index in [1.165, 1.54) is 43.3 Å². The second-order valence-corrected chi connectivity index (χ2v) is 6.70. The van der Waals surface area contributed by atoms with Crippen LogP contribution >= 0.6 is 0 Å². The molecule has 0 heterocycles. The Kier molecular flexibility index (Phi) is 4.29. The lowest BCUT2D eigenvalue weighted by Gasteiger charge is -2.14. The number of hydrogen-bond acceptors (Lipinski definition) is 4. The van der Waals surface area contributed by atoms with Crippen molar-refractivity contribution in [2.45, 2.75) is 17.9 Å². The standard InChI is InChI=1S/C15H15FO4S/c1-10(17)13-4-3-5-14(16)15(13)20-11-6-8-12(9-7-11)21(2,18)19/h3-10,17H,1-2H3. The Morgan fingerprint density at radius 2 is 1.76 bits per heavy atom. The molecule has 0 saturated heterocycles. The van der Waals surface area contributed by atoms with Crippen molar-refractivity contribution >= 4 is 9.84 Å². The van der Waals surface area contributed by atoms with Crippen LogP contribution in [0, 0.1) is 5.82 Å². The lowest BCUT2D eigenvalue weighted by molar-refractivity contribution is 0.194. The Hall–Kier alpha value is -1.92. The largest absolute Gasteiger partial charge is 0.454 e. The minimum absolute atomic E-state index is 0.0698. The second-order valence-electron chi connectivity index (χ2n) is 4.68. The van der Waals surface area contributed by atoms with Crippen LogP contribution in [-0.4, -0.2) is 19.8 Å². The van der Waals surface area contributed by atoms with Gasteiger partial charge in [-0.25, -0.2) is 12.8 Å². The number of sulfone groups is 1. The average molecular weight is 310 g/mol. The molecule has 1 atom stereocenters. The normalized spacial score (nSPS) is 13.0. The summed E-state index contributed by atoms with van der Waals surface area (Å²) in [4.78, 5) is 0.152. The summed E-state index contributed by atoms with van der Waals surface area (Å²) in [6, 6.07) is 9.92. The first-order valence-corrected chi connectivity index (χ1v) is 8.12. The van der Waals surface area contributed by atoms with Gasteiger partial charge in [-0.1, -0.05) is 12.1 Å². The molecule has 0 bridgehead atoms. The van der Waals surface area contributed by atoms with Crippen LogP contribution in [-0.2, 0) is 9.84 Å². The van der Waals surface area contributed by atoms with Crippen LogP contribution in [0.15, 0.2) is 47.4 Å². The smallest absolute Gasteiger partial charge is 0.175 e. The number of aliphatic hydroxyl groups is 1. The highest BCUT2D eigenvalue weighted by Crippen LogP contribution is 2.32. The van der Waals surface area contributed by atoms with Crippen molar-refractivity contribution in [3.8, 4) is 11.5 Å². The van der Waals surface area contributed by atoms with Crippen LogP contribution in [0.1, 0.15) is 18.6 Å². The molecular formula is C15H15FO4S. The minimum atomic E-state index is -3.29. The van der Waals surface area contributed by atoms with Crippen molar-refractivity contribution in [1.29, 1.82) is 0 Å². The van der Waals surface area contributed by atoms with Gasteiger partial charge >= 0.3 is 0 Å². The molecule has 0 radical (unpaired) electrons. The maximum Gasteiger partial charge on any atom is 0.175 e. The summed E-state index contributed by atoms with van der Waals surface area (Å²) in [6.07, 6.45) is 0.219. The molecule has 0 aromatic heterocycles. The summed E-state index contributed by atoms with van der Waals surface area (Å²) < 4.78 is 42.0. The minimum Gasteiger partial charge on any atom is -0.454 e. The van der Waals surface area contributed by atoms with Crippen molar-refractivity contribution in [1.82, 2.24) is 0 Å². The molecule has 0 fully saturated rings. The lowest BCUT2D eigenvalue weighted by atomic mass is 10.1. The Balaban J connectivity index is 2.35. The van der Waals surface area contributed by atoms with Gasteiger partial charge in [-0.15, -0.1) is 0 Å². The van der Waals surface area contributed by atoms with E-state index in [1.54, 1.807) is 6.07 Å². The van der Waals surface area contributed by atoms with Crippen LogP contribution in [0.3, 0.4) is 0 Å². The molecule has 4 nitrogen and oxygen atoms in total. The molecular weight excluding hydrogens is 295 g/mol. The summed E-state index contributed by atoms with van der Waals surface area (Å²) in [5.41, 5.74) is 0.321. The van der Waals surface area contributed by atoms with E-state index in [4.69, 9.17) is 4.74 Å². The summed E-state index contributed by atoms with van der Waals surface area (Å²) >= 11 is 0. The Labute approximate surface area is 122 Å². The number of hydrogen-bond donors (Lipinski definition) is 1. The third-order valence-corrected chi connectivity index (χ3v) is 4.05. The number of ether oxygens (including phenoxy) is 1. The molecule has 0 aliphatic rings. The van der Waals surface area contributed by atoms with E-state index in [0.717, 1.165) is 6.26 Å². The van der Waals surface area contributed by atoms with Gasteiger partial charge < -0.3 is 9.84 Å². The van der Waals surface area contributed by atoms with Crippen molar-refractivity contribution < 1.29 is 22.7 Å². The van der Waals surface area contributed by atoms with Crippen molar-refractivity contribution in [3.63, 3.8) is 0 Å². The molecule has 0 saturated carbocycles. The first-order chi connectivity index (χ1) is 9.79. The Bertz CT molecular complexity index is 737. The lowest BCUT2D eigenvalue weighted by Crippen LogP contribution is -1.99. The van der Waals surface area contributed by atoms with Gasteiger partial charge in [-0.05, 0) is 37.3 Å². The fraction of sp³-hybridized carbons (Fsp3) is 0.200. The van der Waals surface area contributed by atoms with Gasteiger partial charge in [0.25, 0.3) is 0 Å². The van der Waals surface area contributed by atoms with E-state index >= 15 is 0 Å². The van der Waals surface area contributed by atoms with Crippen LogP contribution in [0.5, 0.6) is 11.5 Å². The zero-order chi connectivity index (χ0) is 15.6. The molecule has 112 valence electrons. The molecule has 2 aromatic rings. The van der Waals surface area contributed by atoms with Gasteiger partial charge in [0, 0.05) is 11.8 Å². The third kappa shape index (κ3) is 3.59. The van der Waals surface area contributed by atoms with Gasteiger partial charge in [0.2, 0.25) is 0 Å². The summed E-state index contributed by atoms with van der Waals surface area (Å²) in [5, 5.41) is 9.63. The number of halogens is 1. The fourth-order valence-corrected chi connectivity index (χ4v) is 2.47. The zero-order valence-electron chi connectivity index (χ0n) is 11.6. The fourth-order valence-electron chi connectivity index (χ4n) is 1.83. The highest BCUT2D eigenvalue weighted by atomic mass is 32.2. The van der Waals surface area contributed by atoms with E-state index in [1.807, 2.05) is 0 Å². The van der Waals surface area contributed by atoms with E-state index in [2.05, 4.69) is 0 Å². The molecule has 2 aromatic carbocycles. The molecule has 0 aliphatic heterocycles. The molecule has 1 unspecified atom stereocenters. The van der Waals surface area contributed by atoms with E-state index in [9.17, 15) is 17.9 Å². The Morgan fingerprint density at radius 3 is 2.29 bits per heavy atom. The summed E-state index contributed by atoms with van der Waals surface area (Å²) in [6.45, 7) is 1.51. The summed E-state index contributed by atoms with van der Waals surface area (Å²) in [7, 11) is -3.29. The quantitative estimate of drug-likeness (QED) is 0.942. The van der Waals surface area contributed by atoms with Crippen molar-refractivity contribution in [2.24, 2.45) is 0 Å². The van der Waals surface area contributed by atoms with E-state index in [-0.39, 0.29) is 16.4 Å². The number of rotatable bonds is 4. The molecule has 6 heteroatoms. The highest BCUT2D eigenvalue weighted by molar-refractivity contribution is 7.90. The molecule has 1 N–H and O–H groups in total. The highest BCUT2D eigenvalue weighted by Gasteiger charge is 2.15. The monoisotopic (exact) mass is 310 g/mol. The van der Waals surface area contributed by atoms with Crippen LogP contribution in [0.4, 0.5) is 4.39 Å². The molecule has 0 aliphatic carbocycles. The molecule has 21 heavy (non-hydrogen) atoms. The predicted octanol–water partition coefficient (Wildman–Crippen LogP) is 3.07. The first-order valence-electron chi connectivity index (χ1n) is 6.23. The van der Waals surface area contributed by atoms with Gasteiger partial charge in [0.05, 0.1) is 11.0 Å². The topological polar surface area (TPSA) is 63.6 Å². The number of aliphatic hydroxyl groups excluding tert-OH is 1. The SMILES string of the molecule is CC(O)c1cccc(F)c1Oc1ccc(S(C)(=O)=O)cc1. The molecule has 2 rings (SSSR count). The van der Waals surface area contributed by atoms with Gasteiger partial charge in [0.15, 0.2) is 21.4 Å². The first kappa shape index (κ1) is 15.5. The van der Waals surface area contributed by atoms with Gasteiger partial charge in [-0.2, -0.15) is 0 Å². The van der Waals surface area contributed by atoms with E-state index < -0.39 is 21.8 Å². The number of benzene rings is 2. The third-order valence-electron chi connectivity index (χ3n) is 2.92. The zero-order valence-corrected chi connectivity index (χ0v) is 12.4. The van der Waals surface area contributed by atoms with Crippen molar-refractivity contribution in [2.75, 3.05) is 6.26 Å². The Morgan fingerprint density at radius 1 is 1.14 bits per heavy atom. The number of para-hydroxylation sites is 1. The van der Waals surface area contributed by atoms with Crippen LogP contribution in [0.2, 0.25) is 0 Å². The van der Waals surface area contributed by atoms with Crippen molar-refractivity contribution in [3.05, 3.63) is 53.8 Å². The summed E-state index contributed by atoms with van der Waals surface area (Å²) in [5.74, 6) is -0.380. The van der Waals surface area contributed by atoms with E-state index in [0.29, 0.717) is 5.56 Å². The van der Waals surface area contributed by atoms with Gasteiger partial charge in [-0.3, -0.25) is 0 Å². The maximum atomic E-state index is 13.8. The predicted molar refractivity (Wildman–Crippen MR) is 76.7 cm³/mol. The maximum absolute atomic E-state index is 13.8. The average Bonchev–Trinajstić information content (AvgIpc) is 2.40. The molecule has 0 spiro atoms. The van der Waals surface area contributed by atoms with Crippen LogP contribution < -0.4 is 4.74 Å². The van der Waals surface area contributed by atoms with Gasteiger partial charge in [0.1, 0.15) is 5.75 Å². The molecule has 0 amide bonds.